The summed E-state index contributed by atoms with van der Waals surface area (Å²) in [7, 11) is 1.87. The molecule has 0 amide bonds. The zero-order valence-corrected chi connectivity index (χ0v) is 11.3. The Morgan fingerprint density at radius 1 is 1.11 bits per heavy atom. The van der Waals surface area contributed by atoms with Crippen molar-refractivity contribution in [2.75, 3.05) is 11.9 Å². The molecule has 0 spiro atoms. The lowest BCUT2D eigenvalue weighted by molar-refractivity contribution is 0.628. The third-order valence-electron chi connectivity index (χ3n) is 2.61. The number of halogens is 2. The van der Waals surface area contributed by atoms with E-state index in [0.717, 1.165) is 15.8 Å². The van der Waals surface area contributed by atoms with Crippen LogP contribution in [0.25, 0.3) is 0 Å². The van der Waals surface area contributed by atoms with Gasteiger partial charge in [0.05, 0.1) is 11.6 Å². The molecule has 2 aromatic carbocycles. The topological polar surface area (TPSA) is 27.0 Å². The monoisotopic (exact) mass is 304 g/mol. The second-order valence-electron chi connectivity index (χ2n) is 3.85. The highest BCUT2D eigenvalue weighted by atomic mass is 79.9. The van der Waals surface area contributed by atoms with E-state index in [2.05, 4.69) is 22.0 Å². The number of nitriles is 1. The van der Waals surface area contributed by atoms with E-state index in [-0.39, 0.29) is 5.82 Å². The first-order valence-electron chi connectivity index (χ1n) is 5.30. The second-order valence-corrected chi connectivity index (χ2v) is 4.76. The highest BCUT2D eigenvalue weighted by Crippen LogP contribution is 2.27. The van der Waals surface area contributed by atoms with Crippen LogP contribution in [-0.4, -0.2) is 7.05 Å². The van der Waals surface area contributed by atoms with Crippen molar-refractivity contribution in [1.82, 2.24) is 0 Å². The van der Waals surface area contributed by atoms with Gasteiger partial charge in [0.1, 0.15) is 5.82 Å². The molecular formula is C14H10BrFN2. The Balaban J connectivity index is 2.39. The van der Waals surface area contributed by atoms with Crippen molar-refractivity contribution in [2.45, 2.75) is 0 Å². The predicted molar refractivity (Wildman–Crippen MR) is 73.3 cm³/mol. The van der Waals surface area contributed by atoms with E-state index in [1.165, 1.54) is 12.1 Å². The molecule has 2 rings (SSSR count). The molecule has 0 saturated carbocycles. The molecule has 0 atom stereocenters. The smallest absolute Gasteiger partial charge is 0.123 e. The number of benzene rings is 2. The summed E-state index contributed by atoms with van der Waals surface area (Å²) in [6, 6.07) is 13.8. The fourth-order valence-corrected chi connectivity index (χ4v) is 2.13. The van der Waals surface area contributed by atoms with E-state index in [4.69, 9.17) is 5.26 Å². The molecule has 2 nitrogen and oxygen atoms in total. The number of hydrogen-bond acceptors (Lipinski definition) is 2. The summed E-state index contributed by atoms with van der Waals surface area (Å²) in [5.74, 6) is -0.265. The molecule has 0 N–H and O–H groups in total. The zero-order valence-electron chi connectivity index (χ0n) is 9.69. The first kappa shape index (κ1) is 12.6. The maximum Gasteiger partial charge on any atom is 0.123 e. The maximum absolute atomic E-state index is 12.9. The van der Waals surface area contributed by atoms with Gasteiger partial charge < -0.3 is 4.90 Å². The van der Waals surface area contributed by atoms with Crippen molar-refractivity contribution in [1.29, 1.82) is 5.26 Å². The van der Waals surface area contributed by atoms with Gasteiger partial charge in [-0.25, -0.2) is 4.39 Å². The summed E-state index contributed by atoms with van der Waals surface area (Å²) < 4.78 is 13.7. The van der Waals surface area contributed by atoms with Crippen molar-refractivity contribution < 1.29 is 4.39 Å². The summed E-state index contributed by atoms with van der Waals surface area (Å²) in [6.07, 6.45) is 0. The average molecular weight is 305 g/mol. The SMILES string of the molecule is CN(c1ccc(F)cc1)c1cc(Br)cc(C#N)c1. The molecule has 0 saturated heterocycles. The quantitative estimate of drug-likeness (QED) is 0.830. The summed E-state index contributed by atoms with van der Waals surface area (Å²) in [6.45, 7) is 0. The van der Waals surface area contributed by atoms with Crippen LogP contribution < -0.4 is 4.90 Å². The molecule has 18 heavy (non-hydrogen) atoms. The van der Waals surface area contributed by atoms with Crippen LogP contribution in [0.4, 0.5) is 15.8 Å². The first-order valence-corrected chi connectivity index (χ1v) is 6.09. The molecule has 0 radical (unpaired) electrons. The Bertz CT molecular complexity index is 602. The Morgan fingerprint density at radius 2 is 1.78 bits per heavy atom. The lowest BCUT2D eigenvalue weighted by Gasteiger charge is -2.20. The van der Waals surface area contributed by atoms with Crippen LogP contribution in [0.15, 0.2) is 46.9 Å². The first-order chi connectivity index (χ1) is 8.60. The highest BCUT2D eigenvalue weighted by molar-refractivity contribution is 9.10. The molecule has 4 heteroatoms. The van der Waals surface area contributed by atoms with Crippen molar-refractivity contribution >= 4 is 27.3 Å². The molecule has 0 fully saturated rings. The molecule has 0 unspecified atom stereocenters. The largest absolute Gasteiger partial charge is 0.345 e. The summed E-state index contributed by atoms with van der Waals surface area (Å²) in [5, 5.41) is 8.94. The van der Waals surface area contributed by atoms with Crippen LogP contribution in [0, 0.1) is 17.1 Å². The van der Waals surface area contributed by atoms with Gasteiger partial charge >= 0.3 is 0 Å². The number of anilines is 2. The van der Waals surface area contributed by atoms with E-state index in [1.807, 2.05) is 18.0 Å². The maximum atomic E-state index is 12.9. The third kappa shape index (κ3) is 2.69. The molecule has 2 aromatic rings. The van der Waals surface area contributed by atoms with Crippen molar-refractivity contribution in [3.8, 4) is 6.07 Å². The Labute approximate surface area is 113 Å². The molecule has 90 valence electrons. The summed E-state index contributed by atoms with van der Waals surface area (Å²) in [4.78, 5) is 1.89. The molecule has 0 bridgehead atoms. The number of hydrogen-bond donors (Lipinski definition) is 0. The second kappa shape index (κ2) is 5.19. The Hall–Kier alpha value is -1.86. The average Bonchev–Trinajstić information content (AvgIpc) is 2.38. The van der Waals surface area contributed by atoms with Gasteiger partial charge in [-0.3, -0.25) is 0 Å². The van der Waals surface area contributed by atoms with Gasteiger partial charge in [-0.15, -0.1) is 0 Å². The fourth-order valence-electron chi connectivity index (χ4n) is 1.65. The Morgan fingerprint density at radius 3 is 2.39 bits per heavy atom. The van der Waals surface area contributed by atoms with E-state index in [9.17, 15) is 4.39 Å². The molecule has 0 aliphatic heterocycles. The third-order valence-corrected chi connectivity index (χ3v) is 3.07. The lowest BCUT2D eigenvalue weighted by Crippen LogP contribution is -2.09. The minimum atomic E-state index is -0.265. The van der Waals surface area contributed by atoms with E-state index >= 15 is 0 Å². The van der Waals surface area contributed by atoms with E-state index in [1.54, 1.807) is 24.3 Å². The molecule has 0 aromatic heterocycles. The van der Waals surface area contributed by atoms with E-state index < -0.39 is 0 Å². The van der Waals surface area contributed by atoms with Crippen molar-refractivity contribution in [2.24, 2.45) is 0 Å². The molecule has 0 aliphatic rings. The number of nitrogens with zero attached hydrogens (tertiary/aromatic N) is 2. The highest BCUT2D eigenvalue weighted by Gasteiger charge is 2.06. The van der Waals surface area contributed by atoms with Gasteiger partial charge in [0, 0.05) is 22.9 Å². The fraction of sp³-hybridized carbons (Fsp3) is 0.0714. The number of rotatable bonds is 2. The van der Waals surface area contributed by atoms with Gasteiger partial charge in [-0.05, 0) is 42.5 Å². The molecule has 0 aliphatic carbocycles. The zero-order chi connectivity index (χ0) is 13.1. The minimum Gasteiger partial charge on any atom is -0.345 e. The van der Waals surface area contributed by atoms with Gasteiger partial charge in [0.15, 0.2) is 0 Å². The van der Waals surface area contributed by atoms with Crippen LogP contribution in [0.3, 0.4) is 0 Å². The van der Waals surface area contributed by atoms with Crippen LogP contribution >= 0.6 is 15.9 Å². The van der Waals surface area contributed by atoms with Gasteiger partial charge in [0.25, 0.3) is 0 Å². The van der Waals surface area contributed by atoms with Crippen LogP contribution in [0.2, 0.25) is 0 Å². The molecule has 0 heterocycles. The summed E-state index contributed by atoms with van der Waals surface area (Å²) in [5.41, 5.74) is 2.30. The molecular weight excluding hydrogens is 295 g/mol. The van der Waals surface area contributed by atoms with Gasteiger partial charge in [-0.1, -0.05) is 15.9 Å². The van der Waals surface area contributed by atoms with Gasteiger partial charge in [-0.2, -0.15) is 5.26 Å². The van der Waals surface area contributed by atoms with Crippen LogP contribution in [0.5, 0.6) is 0 Å². The Kier molecular flexibility index (Phi) is 3.63. The predicted octanol–water partition coefficient (Wildman–Crippen LogP) is 4.23. The lowest BCUT2D eigenvalue weighted by atomic mass is 10.2. The standard InChI is InChI=1S/C14H10BrFN2/c1-18(13-4-2-12(16)3-5-13)14-7-10(9-17)6-11(15)8-14/h2-8H,1H3. The minimum absolute atomic E-state index is 0.265. The van der Waals surface area contributed by atoms with E-state index in [0.29, 0.717) is 5.56 Å². The summed E-state index contributed by atoms with van der Waals surface area (Å²) >= 11 is 3.37. The van der Waals surface area contributed by atoms with Crippen LogP contribution in [-0.2, 0) is 0 Å². The van der Waals surface area contributed by atoms with Gasteiger partial charge in [0.2, 0.25) is 0 Å². The van der Waals surface area contributed by atoms with Crippen molar-refractivity contribution in [3.05, 3.63) is 58.3 Å². The van der Waals surface area contributed by atoms with Crippen LogP contribution in [0.1, 0.15) is 5.56 Å². The normalized spacial score (nSPS) is 9.89. The van der Waals surface area contributed by atoms with Crippen molar-refractivity contribution in [3.63, 3.8) is 0 Å².